The fraction of sp³-hybridized carbons (Fsp3) is 0.333. The molecular formula is C18H21N3O2S2. The SMILES string of the molecule is CCn1c(SC[C@H](O)COc2ccccc2C)nnc1-c1cccs1. The summed E-state index contributed by atoms with van der Waals surface area (Å²) in [6, 6.07) is 11.9. The highest BCUT2D eigenvalue weighted by Gasteiger charge is 2.15. The Morgan fingerprint density at radius 2 is 2.08 bits per heavy atom. The maximum absolute atomic E-state index is 10.2. The molecule has 2 aromatic heterocycles. The average Bonchev–Trinajstić information content (AvgIpc) is 3.28. The first-order valence-corrected chi connectivity index (χ1v) is 10.0. The molecule has 5 nitrogen and oxygen atoms in total. The van der Waals surface area contributed by atoms with Gasteiger partial charge in [0.05, 0.1) is 11.0 Å². The third kappa shape index (κ3) is 4.42. The molecule has 0 radical (unpaired) electrons. The van der Waals surface area contributed by atoms with Crippen molar-refractivity contribution in [1.82, 2.24) is 14.8 Å². The molecule has 1 atom stereocenters. The van der Waals surface area contributed by atoms with Gasteiger partial charge in [-0.05, 0) is 36.9 Å². The van der Waals surface area contributed by atoms with E-state index < -0.39 is 6.10 Å². The van der Waals surface area contributed by atoms with E-state index in [2.05, 4.69) is 21.7 Å². The molecule has 0 saturated carbocycles. The maximum atomic E-state index is 10.2. The first-order valence-electron chi connectivity index (χ1n) is 8.15. The minimum atomic E-state index is -0.572. The number of aromatic nitrogens is 3. The van der Waals surface area contributed by atoms with Gasteiger partial charge >= 0.3 is 0 Å². The van der Waals surface area contributed by atoms with Gasteiger partial charge in [-0.1, -0.05) is 36.0 Å². The number of aliphatic hydroxyl groups is 1. The lowest BCUT2D eigenvalue weighted by molar-refractivity contribution is 0.126. The number of aliphatic hydroxyl groups excluding tert-OH is 1. The molecule has 25 heavy (non-hydrogen) atoms. The zero-order valence-corrected chi connectivity index (χ0v) is 15.9. The van der Waals surface area contributed by atoms with E-state index in [1.54, 1.807) is 11.3 Å². The number of aryl methyl sites for hydroxylation is 1. The zero-order valence-electron chi connectivity index (χ0n) is 14.3. The minimum absolute atomic E-state index is 0.260. The second-order valence-electron chi connectivity index (χ2n) is 5.57. The molecule has 3 aromatic rings. The van der Waals surface area contributed by atoms with Crippen molar-refractivity contribution in [2.45, 2.75) is 31.7 Å². The van der Waals surface area contributed by atoms with Crippen molar-refractivity contribution in [3.63, 3.8) is 0 Å². The summed E-state index contributed by atoms with van der Waals surface area (Å²) in [4.78, 5) is 1.10. The lowest BCUT2D eigenvalue weighted by Gasteiger charge is -2.13. The van der Waals surface area contributed by atoms with E-state index in [9.17, 15) is 5.11 Å². The van der Waals surface area contributed by atoms with Crippen LogP contribution in [0.4, 0.5) is 0 Å². The Labute approximate surface area is 155 Å². The van der Waals surface area contributed by atoms with Gasteiger partial charge < -0.3 is 14.4 Å². The molecular weight excluding hydrogens is 354 g/mol. The van der Waals surface area contributed by atoms with E-state index in [1.165, 1.54) is 11.8 Å². The summed E-state index contributed by atoms with van der Waals surface area (Å²) in [7, 11) is 0. The predicted molar refractivity (Wildman–Crippen MR) is 102 cm³/mol. The quantitative estimate of drug-likeness (QED) is 0.606. The molecule has 0 aliphatic heterocycles. The molecule has 0 aliphatic rings. The monoisotopic (exact) mass is 375 g/mol. The van der Waals surface area contributed by atoms with Gasteiger partial charge in [-0.15, -0.1) is 21.5 Å². The minimum Gasteiger partial charge on any atom is -0.491 e. The van der Waals surface area contributed by atoms with E-state index >= 15 is 0 Å². The van der Waals surface area contributed by atoms with Gasteiger partial charge in [0, 0.05) is 12.3 Å². The summed E-state index contributed by atoms with van der Waals surface area (Å²) in [5.74, 6) is 2.20. The Bertz CT molecular complexity index is 803. The first kappa shape index (κ1) is 18.0. The highest BCUT2D eigenvalue weighted by molar-refractivity contribution is 7.99. The lowest BCUT2D eigenvalue weighted by atomic mass is 10.2. The summed E-state index contributed by atoms with van der Waals surface area (Å²) in [6.45, 7) is 5.11. The Hall–Kier alpha value is -1.83. The van der Waals surface area contributed by atoms with Crippen molar-refractivity contribution < 1.29 is 9.84 Å². The Morgan fingerprint density at radius 1 is 1.24 bits per heavy atom. The smallest absolute Gasteiger partial charge is 0.191 e. The van der Waals surface area contributed by atoms with Crippen LogP contribution in [0.15, 0.2) is 46.9 Å². The van der Waals surface area contributed by atoms with E-state index in [0.29, 0.717) is 5.75 Å². The average molecular weight is 376 g/mol. The third-order valence-corrected chi connectivity index (χ3v) is 5.68. The fourth-order valence-corrected chi connectivity index (χ4v) is 4.02. The zero-order chi connectivity index (χ0) is 17.6. The van der Waals surface area contributed by atoms with E-state index in [4.69, 9.17) is 4.74 Å². The molecule has 0 bridgehead atoms. The Morgan fingerprint density at radius 3 is 2.80 bits per heavy atom. The molecule has 0 fully saturated rings. The van der Waals surface area contributed by atoms with Gasteiger partial charge in [0.1, 0.15) is 12.4 Å². The molecule has 2 heterocycles. The normalized spacial score (nSPS) is 12.3. The van der Waals surface area contributed by atoms with Crippen LogP contribution < -0.4 is 4.74 Å². The van der Waals surface area contributed by atoms with Crippen LogP contribution in [0, 0.1) is 6.92 Å². The Balaban J connectivity index is 1.57. The highest BCUT2D eigenvalue weighted by atomic mass is 32.2. The number of ether oxygens (including phenoxy) is 1. The van der Waals surface area contributed by atoms with Gasteiger partial charge in [-0.2, -0.15) is 0 Å². The number of nitrogens with zero attached hydrogens (tertiary/aromatic N) is 3. The van der Waals surface area contributed by atoms with Gasteiger partial charge in [0.15, 0.2) is 11.0 Å². The molecule has 0 amide bonds. The molecule has 132 valence electrons. The summed E-state index contributed by atoms with van der Waals surface area (Å²) in [5.41, 5.74) is 1.06. The van der Waals surface area contributed by atoms with Crippen LogP contribution in [-0.4, -0.2) is 38.3 Å². The van der Waals surface area contributed by atoms with Crippen LogP contribution in [-0.2, 0) is 6.54 Å². The number of thiophene rings is 1. The molecule has 1 aromatic carbocycles. The van der Waals surface area contributed by atoms with Crippen molar-refractivity contribution in [3.05, 3.63) is 47.3 Å². The van der Waals surface area contributed by atoms with Crippen LogP contribution in [0.2, 0.25) is 0 Å². The fourth-order valence-electron chi connectivity index (χ4n) is 2.39. The van der Waals surface area contributed by atoms with Crippen LogP contribution >= 0.6 is 23.1 Å². The molecule has 3 rings (SSSR count). The molecule has 0 saturated heterocycles. The van der Waals surface area contributed by atoms with Crippen molar-refractivity contribution in [2.24, 2.45) is 0 Å². The molecule has 7 heteroatoms. The van der Waals surface area contributed by atoms with Gasteiger partial charge in [-0.3, -0.25) is 0 Å². The van der Waals surface area contributed by atoms with Gasteiger partial charge in [0.25, 0.3) is 0 Å². The largest absolute Gasteiger partial charge is 0.491 e. The maximum Gasteiger partial charge on any atom is 0.191 e. The molecule has 1 N–H and O–H groups in total. The van der Waals surface area contributed by atoms with E-state index in [1.807, 2.05) is 48.7 Å². The topological polar surface area (TPSA) is 60.2 Å². The van der Waals surface area contributed by atoms with Crippen LogP contribution in [0.3, 0.4) is 0 Å². The van der Waals surface area contributed by atoms with Crippen LogP contribution in [0.25, 0.3) is 10.7 Å². The second kappa shape index (κ2) is 8.51. The predicted octanol–water partition coefficient (Wildman–Crippen LogP) is 3.87. The van der Waals surface area contributed by atoms with Gasteiger partial charge in [-0.25, -0.2) is 0 Å². The van der Waals surface area contributed by atoms with Crippen molar-refractivity contribution in [1.29, 1.82) is 0 Å². The van der Waals surface area contributed by atoms with Crippen LogP contribution in [0.5, 0.6) is 5.75 Å². The third-order valence-electron chi connectivity index (χ3n) is 3.70. The second-order valence-corrected chi connectivity index (χ2v) is 7.50. The molecule has 0 spiro atoms. The Kier molecular flexibility index (Phi) is 6.12. The van der Waals surface area contributed by atoms with E-state index in [0.717, 1.165) is 33.7 Å². The summed E-state index contributed by atoms with van der Waals surface area (Å²) < 4.78 is 7.78. The summed E-state index contributed by atoms with van der Waals surface area (Å²) in [5, 5.41) is 21.6. The first-order chi connectivity index (χ1) is 12.2. The number of thioether (sulfide) groups is 1. The highest BCUT2D eigenvalue weighted by Crippen LogP contribution is 2.27. The summed E-state index contributed by atoms with van der Waals surface area (Å²) in [6.07, 6.45) is -0.572. The number of hydrogen-bond donors (Lipinski definition) is 1. The number of benzene rings is 1. The number of rotatable bonds is 8. The molecule has 0 unspecified atom stereocenters. The van der Waals surface area contributed by atoms with E-state index in [-0.39, 0.29) is 6.61 Å². The number of para-hydroxylation sites is 1. The lowest BCUT2D eigenvalue weighted by Crippen LogP contribution is -2.20. The molecule has 0 aliphatic carbocycles. The number of hydrogen-bond acceptors (Lipinski definition) is 6. The summed E-state index contributed by atoms with van der Waals surface area (Å²) >= 11 is 3.15. The van der Waals surface area contributed by atoms with Crippen molar-refractivity contribution >= 4 is 23.1 Å². The van der Waals surface area contributed by atoms with Crippen LogP contribution in [0.1, 0.15) is 12.5 Å². The van der Waals surface area contributed by atoms with Crippen molar-refractivity contribution in [3.8, 4) is 16.5 Å². The van der Waals surface area contributed by atoms with Gasteiger partial charge in [0.2, 0.25) is 0 Å². The standard InChI is InChI=1S/C18H21N3O2S2/c1-3-21-17(16-9-6-10-24-16)19-20-18(21)25-12-14(22)11-23-15-8-5-4-7-13(15)2/h4-10,14,22H,3,11-12H2,1-2H3/t14-/m1/s1. The van der Waals surface area contributed by atoms with Crippen molar-refractivity contribution in [2.75, 3.05) is 12.4 Å².